The molecule has 0 aliphatic heterocycles. The molecule has 0 unspecified atom stereocenters. The van der Waals surface area contributed by atoms with Gasteiger partial charge in [-0.1, -0.05) is 13.3 Å². The van der Waals surface area contributed by atoms with Crippen LogP contribution in [-0.2, 0) is 6.54 Å². The molecular formula is C15H18N2O2. The predicted octanol–water partition coefficient (Wildman–Crippen LogP) is 3.23. The normalized spacial score (nSPS) is 17.4. The summed E-state index contributed by atoms with van der Waals surface area (Å²) in [6.45, 7) is 5.28. The second kappa shape index (κ2) is 4.08. The van der Waals surface area contributed by atoms with Gasteiger partial charge in [0.15, 0.2) is 0 Å². The van der Waals surface area contributed by atoms with Gasteiger partial charge in [-0.15, -0.1) is 0 Å². The number of rotatable bonds is 3. The number of fused-ring (bicyclic) bond motifs is 1. The minimum absolute atomic E-state index is 0.298. The van der Waals surface area contributed by atoms with Crippen molar-refractivity contribution in [1.82, 2.24) is 9.55 Å². The summed E-state index contributed by atoms with van der Waals surface area (Å²) in [6, 6.07) is 5.19. The first-order valence-corrected chi connectivity index (χ1v) is 6.69. The molecule has 1 N–H and O–H groups in total. The molecule has 4 nitrogen and oxygen atoms in total. The van der Waals surface area contributed by atoms with Crippen LogP contribution in [0.1, 0.15) is 42.4 Å². The second-order valence-electron chi connectivity index (χ2n) is 5.92. The third kappa shape index (κ3) is 2.01. The van der Waals surface area contributed by atoms with Gasteiger partial charge in [0.2, 0.25) is 0 Å². The second-order valence-corrected chi connectivity index (χ2v) is 5.92. The smallest absolute Gasteiger partial charge is 0.335 e. The first-order chi connectivity index (χ1) is 8.98. The molecule has 1 aliphatic carbocycles. The maximum absolute atomic E-state index is 11.0. The topological polar surface area (TPSA) is 55.1 Å². The summed E-state index contributed by atoms with van der Waals surface area (Å²) in [5, 5.41) is 9.02. The third-order valence-corrected chi connectivity index (χ3v) is 4.29. The molecular weight excluding hydrogens is 240 g/mol. The Morgan fingerprint density at radius 2 is 2.21 bits per heavy atom. The SMILES string of the molecule is Cc1nc2cc(C(=O)O)ccc2n1CC1(C)CCC1. The molecule has 19 heavy (non-hydrogen) atoms. The van der Waals surface area contributed by atoms with E-state index in [9.17, 15) is 4.79 Å². The van der Waals surface area contributed by atoms with E-state index in [2.05, 4.69) is 16.5 Å². The number of aryl methyl sites for hydroxylation is 1. The minimum Gasteiger partial charge on any atom is -0.478 e. The molecule has 2 aromatic rings. The third-order valence-electron chi connectivity index (χ3n) is 4.29. The van der Waals surface area contributed by atoms with Crippen LogP contribution in [0.3, 0.4) is 0 Å². The van der Waals surface area contributed by atoms with Crippen molar-refractivity contribution in [2.45, 2.75) is 39.7 Å². The fourth-order valence-electron chi connectivity index (χ4n) is 2.90. The number of aromatic nitrogens is 2. The minimum atomic E-state index is -0.903. The fraction of sp³-hybridized carbons (Fsp3) is 0.467. The molecule has 1 heterocycles. The van der Waals surface area contributed by atoms with Crippen molar-refractivity contribution < 1.29 is 9.90 Å². The van der Waals surface area contributed by atoms with E-state index in [0.717, 1.165) is 23.4 Å². The van der Waals surface area contributed by atoms with Gasteiger partial charge in [0.25, 0.3) is 0 Å². The number of aromatic carboxylic acids is 1. The number of carboxylic acid groups (broad SMARTS) is 1. The van der Waals surface area contributed by atoms with Crippen molar-refractivity contribution in [3.8, 4) is 0 Å². The van der Waals surface area contributed by atoms with Crippen LogP contribution in [0.4, 0.5) is 0 Å². The molecule has 3 rings (SSSR count). The molecule has 1 aromatic heterocycles. The Hall–Kier alpha value is -1.84. The zero-order valence-electron chi connectivity index (χ0n) is 11.3. The predicted molar refractivity (Wildman–Crippen MR) is 73.4 cm³/mol. The maximum atomic E-state index is 11.0. The van der Waals surface area contributed by atoms with Crippen LogP contribution in [0.25, 0.3) is 11.0 Å². The Morgan fingerprint density at radius 1 is 1.47 bits per heavy atom. The number of imidazole rings is 1. The van der Waals surface area contributed by atoms with Crippen molar-refractivity contribution in [1.29, 1.82) is 0 Å². The highest BCUT2D eigenvalue weighted by Crippen LogP contribution is 2.42. The molecule has 1 fully saturated rings. The summed E-state index contributed by atoms with van der Waals surface area (Å²) in [4.78, 5) is 15.5. The molecule has 0 spiro atoms. The highest BCUT2D eigenvalue weighted by molar-refractivity contribution is 5.92. The van der Waals surface area contributed by atoms with Gasteiger partial charge in [-0.2, -0.15) is 0 Å². The Morgan fingerprint density at radius 3 is 2.79 bits per heavy atom. The van der Waals surface area contributed by atoms with E-state index < -0.39 is 5.97 Å². The van der Waals surface area contributed by atoms with Gasteiger partial charge in [0.05, 0.1) is 16.6 Å². The van der Waals surface area contributed by atoms with Gasteiger partial charge in [0, 0.05) is 6.54 Å². The van der Waals surface area contributed by atoms with E-state index in [4.69, 9.17) is 5.11 Å². The van der Waals surface area contributed by atoms with Crippen LogP contribution in [-0.4, -0.2) is 20.6 Å². The number of hydrogen-bond donors (Lipinski definition) is 1. The lowest BCUT2D eigenvalue weighted by Gasteiger charge is -2.39. The number of carboxylic acids is 1. The van der Waals surface area contributed by atoms with E-state index in [1.807, 2.05) is 13.0 Å². The summed E-state index contributed by atoms with van der Waals surface area (Å²) < 4.78 is 2.22. The summed E-state index contributed by atoms with van der Waals surface area (Å²) in [5.74, 6) is 0.0609. The molecule has 100 valence electrons. The maximum Gasteiger partial charge on any atom is 0.335 e. The lowest BCUT2D eigenvalue weighted by molar-refractivity contribution is 0.0697. The molecule has 4 heteroatoms. The highest BCUT2D eigenvalue weighted by Gasteiger charge is 2.32. The summed E-state index contributed by atoms with van der Waals surface area (Å²) in [5.41, 5.74) is 2.49. The van der Waals surface area contributed by atoms with E-state index >= 15 is 0 Å². The van der Waals surface area contributed by atoms with Gasteiger partial charge < -0.3 is 9.67 Å². The van der Waals surface area contributed by atoms with Gasteiger partial charge in [0.1, 0.15) is 5.82 Å². The van der Waals surface area contributed by atoms with E-state index in [0.29, 0.717) is 11.0 Å². The molecule has 0 bridgehead atoms. The zero-order valence-corrected chi connectivity index (χ0v) is 11.3. The van der Waals surface area contributed by atoms with Crippen LogP contribution in [0.15, 0.2) is 18.2 Å². The Balaban J connectivity index is 2.04. The number of carbonyl (C=O) groups is 1. The summed E-state index contributed by atoms with van der Waals surface area (Å²) in [7, 11) is 0. The summed E-state index contributed by atoms with van der Waals surface area (Å²) >= 11 is 0. The lowest BCUT2D eigenvalue weighted by Crippen LogP contribution is -2.31. The summed E-state index contributed by atoms with van der Waals surface area (Å²) in [6.07, 6.45) is 3.84. The largest absolute Gasteiger partial charge is 0.478 e. The molecule has 0 amide bonds. The number of hydrogen-bond acceptors (Lipinski definition) is 2. The molecule has 1 aliphatic rings. The highest BCUT2D eigenvalue weighted by atomic mass is 16.4. The Kier molecular flexibility index (Phi) is 2.62. The number of nitrogens with zero attached hydrogens (tertiary/aromatic N) is 2. The van der Waals surface area contributed by atoms with Gasteiger partial charge in [-0.05, 0) is 43.4 Å². The average Bonchev–Trinajstić information content (AvgIpc) is 2.63. The standard InChI is InChI=1S/C15H18N2O2/c1-10-16-12-8-11(14(18)19)4-5-13(12)17(10)9-15(2)6-3-7-15/h4-5,8H,3,6-7,9H2,1-2H3,(H,18,19). The first kappa shape index (κ1) is 12.2. The van der Waals surface area contributed by atoms with Crippen LogP contribution >= 0.6 is 0 Å². The van der Waals surface area contributed by atoms with Crippen molar-refractivity contribution >= 4 is 17.0 Å². The van der Waals surface area contributed by atoms with Crippen LogP contribution in [0.5, 0.6) is 0 Å². The fourth-order valence-corrected chi connectivity index (χ4v) is 2.90. The molecule has 1 aromatic carbocycles. The quantitative estimate of drug-likeness (QED) is 0.919. The van der Waals surface area contributed by atoms with Crippen molar-refractivity contribution in [3.05, 3.63) is 29.6 Å². The molecule has 0 radical (unpaired) electrons. The molecule has 0 saturated heterocycles. The number of benzene rings is 1. The van der Waals surface area contributed by atoms with Gasteiger partial charge in [-0.3, -0.25) is 0 Å². The van der Waals surface area contributed by atoms with Gasteiger partial charge in [-0.25, -0.2) is 9.78 Å². The van der Waals surface area contributed by atoms with Crippen LogP contribution in [0.2, 0.25) is 0 Å². The van der Waals surface area contributed by atoms with Crippen molar-refractivity contribution in [2.24, 2.45) is 5.41 Å². The zero-order chi connectivity index (χ0) is 13.6. The lowest BCUT2D eigenvalue weighted by atomic mass is 9.70. The Bertz CT molecular complexity index is 653. The van der Waals surface area contributed by atoms with Crippen molar-refractivity contribution in [3.63, 3.8) is 0 Å². The van der Waals surface area contributed by atoms with E-state index in [1.165, 1.54) is 19.3 Å². The van der Waals surface area contributed by atoms with Crippen molar-refractivity contribution in [2.75, 3.05) is 0 Å². The molecule has 1 saturated carbocycles. The first-order valence-electron chi connectivity index (χ1n) is 6.69. The van der Waals surface area contributed by atoms with E-state index in [-0.39, 0.29) is 0 Å². The molecule has 0 atom stereocenters. The van der Waals surface area contributed by atoms with Gasteiger partial charge >= 0.3 is 5.97 Å². The Labute approximate surface area is 112 Å². The average molecular weight is 258 g/mol. The monoisotopic (exact) mass is 258 g/mol. The van der Waals surface area contributed by atoms with Crippen LogP contribution in [0, 0.1) is 12.3 Å². The van der Waals surface area contributed by atoms with Crippen LogP contribution < -0.4 is 0 Å². The van der Waals surface area contributed by atoms with E-state index in [1.54, 1.807) is 12.1 Å².